The highest BCUT2D eigenvalue weighted by Crippen LogP contribution is 2.47. The molecule has 0 saturated carbocycles. The topological polar surface area (TPSA) is 53.4 Å². The van der Waals surface area contributed by atoms with E-state index in [9.17, 15) is 26.7 Å². The van der Waals surface area contributed by atoms with Gasteiger partial charge in [-0.15, -0.1) is 0 Å². The number of alkyl halides is 4. The van der Waals surface area contributed by atoms with Crippen molar-refractivity contribution in [2.75, 3.05) is 7.11 Å². The Hall–Kier alpha value is -4.87. The maximum Gasteiger partial charge on any atom is 0.387 e. The minimum Gasteiger partial charge on any atom is -0.465 e. The van der Waals surface area contributed by atoms with Gasteiger partial charge in [0.15, 0.2) is 5.75 Å². The van der Waals surface area contributed by atoms with E-state index >= 15 is 0 Å². The number of aromatic nitrogens is 2. The summed E-state index contributed by atoms with van der Waals surface area (Å²) in [6.07, 6.45) is -1.24. The fourth-order valence-corrected chi connectivity index (χ4v) is 6.51. The van der Waals surface area contributed by atoms with Crippen LogP contribution in [-0.4, -0.2) is 28.6 Å². The summed E-state index contributed by atoms with van der Waals surface area (Å²) in [5.41, 5.74) is 3.19. The lowest BCUT2D eigenvalue weighted by Gasteiger charge is -2.15. The van der Waals surface area contributed by atoms with Crippen LogP contribution in [-0.2, 0) is 4.74 Å². The highest BCUT2D eigenvalue weighted by molar-refractivity contribution is 7.98. The van der Waals surface area contributed by atoms with E-state index in [0.29, 0.717) is 43.7 Å². The number of benzene rings is 4. The molecule has 47 heavy (non-hydrogen) atoms. The number of esters is 1. The molecule has 0 fully saturated rings. The lowest BCUT2D eigenvalue weighted by Crippen LogP contribution is -2.04. The Labute approximate surface area is 274 Å². The summed E-state index contributed by atoms with van der Waals surface area (Å²) in [6, 6.07) is 24.5. The second kappa shape index (κ2) is 13.5. The third kappa shape index (κ3) is 6.54. The number of rotatable bonds is 9. The van der Waals surface area contributed by atoms with Crippen molar-refractivity contribution in [3.8, 4) is 39.4 Å². The lowest BCUT2D eigenvalue weighted by atomic mass is 9.97. The van der Waals surface area contributed by atoms with Gasteiger partial charge >= 0.3 is 12.6 Å². The molecule has 0 aliphatic carbocycles. The lowest BCUT2D eigenvalue weighted by molar-refractivity contribution is -0.0496. The predicted octanol–water partition coefficient (Wildman–Crippen LogP) is 10.7. The molecule has 6 rings (SSSR count). The van der Waals surface area contributed by atoms with Crippen molar-refractivity contribution in [2.45, 2.75) is 17.9 Å². The van der Waals surface area contributed by atoms with Gasteiger partial charge in [0, 0.05) is 43.8 Å². The molecule has 2 aromatic heterocycles. The van der Waals surface area contributed by atoms with E-state index in [0.717, 1.165) is 0 Å². The number of ether oxygens (including phenoxy) is 2. The van der Waals surface area contributed by atoms with E-state index in [-0.39, 0.29) is 27.6 Å². The Morgan fingerprint density at radius 2 is 1.66 bits per heavy atom. The molecule has 0 spiro atoms. The molecule has 0 radical (unpaired) electrons. The molecule has 12 heteroatoms. The Morgan fingerprint density at radius 1 is 0.894 bits per heavy atom. The third-order valence-electron chi connectivity index (χ3n) is 7.28. The minimum absolute atomic E-state index is 0.0386. The number of methoxy groups -OCH3 is 1. The Bertz CT molecular complexity index is 2100. The fraction of sp³-hybridized carbons (Fsp3) is 0.0857. The summed E-state index contributed by atoms with van der Waals surface area (Å²) in [6.45, 7) is -3.16. The SMILES string of the molecule is COC(=O)c1ccc(-c2cccc(-c3c(-c4ncccc4OC(F)F)c4cc(F)ccc4n3Sc3ccc(C(F)F)cc3)c2)c(Cl)c1. The van der Waals surface area contributed by atoms with Gasteiger partial charge in [0.25, 0.3) is 6.43 Å². The predicted molar refractivity (Wildman–Crippen MR) is 172 cm³/mol. The number of fused-ring (bicyclic) bond motifs is 1. The summed E-state index contributed by atoms with van der Waals surface area (Å²) in [5, 5.41) is 0.624. The smallest absolute Gasteiger partial charge is 0.387 e. The molecular weight excluding hydrogens is 659 g/mol. The van der Waals surface area contributed by atoms with Crippen molar-refractivity contribution < 1.29 is 36.2 Å². The largest absolute Gasteiger partial charge is 0.465 e. The van der Waals surface area contributed by atoms with Gasteiger partial charge in [-0.1, -0.05) is 48.0 Å². The van der Waals surface area contributed by atoms with Crippen LogP contribution < -0.4 is 4.74 Å². The molecule has 0 amide bonds. The number of carbonyl (C=O) groups excluding carboxylic acids is 1. The van der Waals surface area contributed by atoms with Crippen molar-refractivity contribution in [2.24, 2.45) is 0 Å². The van der Waals surface area contributed by atoms with Gasteiger partial charge < -0.3 is 9.47 Å². The van der Waals surface area contributed by atoms with E-state index in [1.165, 1.54) is 79.9 Å². The molecule has 0 unspecified atom stereocenters. The molecule has 0 aliphatic rings. The summed E-state index contributed by atoms with van der Waals surface area (Å²) < 4.78 is 80.0. The summed E-state index contributed by atoms with van der Waals surface area (Å²) in [5.74, 6) is -1.35. The van der Waals surface area contributed by atoms with Crippen molar-refractivity contribution in [3.05, 3.63) is 125 Å². The monoisotopic (exact) mass is 680 g/mol. The standard InChI is InChI=1S/C35H22ClF5N2O3S/c1-45-34(44)22-9-13-25(27(36)17-22)20-4-2-5-21(16-20)32-30(31-29(46-35(40)41)6-3-15-42-31)26-18-23(37)10-14-28(26)43(32)47-24-11-7-19(8-12-24)33(38)39/h2-18,33,35H,1H3. The third-order valence-corrected chi connectivity index (χ3v) is 8.63. The Kier molecular flexibility index (Phi) is 9.19. The van der Waals surface area contributed by atoms with Crippen molar-refractivity contribution in [1.29, 1.82) is 0 Å². The fourth-order valence-electron chi connectivity index (χ4n) is 5.21. The van der Waals surface area contributed by atoms with Crippen LogP contribution in [0, 0.1) is 5.82 Å². The van der Waals surface area contributed by atoms with Crippen LogP contribution in [0.25, 0.3) is 44.5 Å². The summed E-state index contributed by atoms with van der Waals surface area (Å²) in [7, 11) is 1.26. The summed E-state index contributed by atoms with van der Waals surface area (Å²) >= 11 is 7.77. The van der Waals surface area contributed by atoms with Gasteiger partial charge in [0.2, 0.25) is 0 Å². The summed E-state index contributed by atoms with van der Waals surface area (Å²) in [4.78, 5) is 17.0. The van der Waals surface area contributed by atoms with Crippen LogP contribution >= 0.6 is 23.5 Å². The van der Waals surface area contributed by atoms with Crippen LogP contribution in [0.5, 0.6) is 5.75 Å². The average molecular weight is 681 g/mol. The first-order valence-electron chi connectivity index (χ1n) is 13.9. The first-order valence-corrected chi connectivity index (χ1v) is 15.1. The molecule has 4 aromatic carbocycles. The van der Waals surface area contributed by atoms with Gasteiger partial charge in [-0.2, -0.15) is 8.78 Å². The first kappa shape index (κ1) is 32.1. The second-order valence-corrected chi connectivity index (χ2v) is 11.6. The number of hydrogen-bond donors (Lipinski definition) is 0. The van der Waals surface area contributed by atoms with Crippen LogP contribution in [0.3, 0.4) is 0 Å². The van der Waals surface area contributed by atoms with Gasteiger partial charge in [0.1, 0.15) is 11.5 Å². The second-order valence-electron chi connectivity index (χ2n) is 10.1. The maximum atomic E-state index is 14.9. The highest BCUT2D eigenvalue weighted by atomic mass is 35.5. The molecule has 5 nitrogen and oxygen atoms in total. The molecule has 238 valence electrons. The zero-order valence-electron chi connectivity index (χ0n) is 24.3. The Balaban J connectivity index is 1.62. The van der Waals surface area contributed by atoms with Gasteiger partial charge in [0.05, 0.1) is 23.9 Å². The molecule has 0 N–H and O–H groups in total. The normalized spacial score (nSPS) is 11.4. The van der Waals surface area contributed by atoms with E-state index in [1.807, 2.05) is 0 Å². The molecule has 2 heterocycles. The Morgan fingerprint density at radius 3 is 2.36 bits per heavy atom. The van der Waals surface area contributed by atoms with E-state index in [2.05, 4.69) is 4.98 Å². The number of hydrogen-bond acceptors (Lipinski definition) is 5. The van der Waals surface area contributed by atoms with E-state index < -0.39 is 24.8 Å². The molecule has 0 bridgehead atoms. The van der Waals surface area contributed by atoms with Crippen LogP contribution in [0.15, 0.2) is 108 Å². The molecule has 0 atom stereocenters. The highest BCUT2D eigenvalue weighted by Gasteiger charge is 2.26. The van der Waals surface area contributed by atoms with Crippen LogP contribution in [0.2, 0.25) is 5.02 Å². The van der Waals surface area contributed by atoms with Gasteiger partial charge in [-0.3, -0.25) is 8.96 Å². The van der Waals surface area contributed by atoms with Crippen molar-refractivity contribution in [3.63, 3.8) is 0 Å². The first-order chi connectivity index (χ1) is 22.6. The maximum absolute atomic E-state index is 14.9. The average Bonchev–Trinajstić information content (AvgIpc) is 3.37. The number of nitrogens with zero attached hydrogens (tertiary/aromatic N) is 2. The van der Waals surface area contributed by atoms with Gasteiger partial charge in [-0.05, 0) is 78.2 Å². The molecule has 0 aliphatic heterocycles. The molecule has 0 saturated heterocycles. The number of pyridine rings is 1. The van der Waals surface area contributed by atoms with Crippen LogP contribution in [0.1, 0.15) is 22.3 Å². The van der Waals surface area contributed by atoms with E-state index in [1.54, 1.807) is 46.4 Å². The zero-order chi connectivity index (χ0) is 33.2. The quantitative estimate of drug-likeness (QED) is 0.112. The number of carbonyl (C=O) groups is 1. The van der Waals surface area contributed by atoms with Crippen molar-refractivity contribution >= 4 is 40.4 Å². The minimum atomic E-state index is -3.16. The zero-order valence-corrected chi connectivity index (χ0v) is 25.8. The number of halogens is 6. The van der Waals surface area contributed by atoms with Crippen LogP contribution in [0.4, 0.5) is 22.0 Å². The van der Waals surface area contributed by atoms with E-state index in [4.69, 9.17) is 21.1 Å². The molecular formula is C35H22ClF5N2O3S. The van der Waals surface area contributed by atoms with Gasteiger partial charge in [-0.25, -0.2) is 18.0 Å². The molecule has 6 aromatic rings. The van der Waals surface area contributed by atoms with Crippen molar-refractivity contribution in [1.82, 2.24) is 8.96 Å².